The predicted molar refractivity (Wildman–Crippen MR) is 122 cm³/mol. The monoisotopic (exact) mass is 454 g/mol. The Balaban J connectivity index is 1.56. The van der Waals surface area contributed by atoms with Crippen molar-refractivity contribution in [2.45, 2.75) is 39.2 Å². The second-order valence-corrected chi connectivity index (χ2v) is 8.75. The van der Waals surface area contributed by atoms with Crippen LogP contribution < -0.4 is 0 Å². The van der Waals surface area contributed by atoms with E-state index in [1.807, 2.05) is 41.9 Å². The topological polar surface area (TPSA) is 64.4 Å². The smallest absolute Gasteiger partial charge is 0.329 e. The van der Waals surface area contributed by atoms with Crippen LogP contribution in [0, 0.1) is 30.4 Å². The van der Waals surface area contributed by atoms with Gasteiger partial charge < -0.3 is 9.84 Å². The van der Waals surface area contributed by atoms with E-state index in [0.717, 1.165) is 48.6 Å². The Labute approximate surface area is 192 Å². The summed E-state index contributed by atoms with van der Waals surface area (Å²) in [5.41, 5.74) is 3.27. The fourth-order valence-electron chi connectivity index (χ4n) is 4.69. The van der Waals surface area contributed by atoms with E-state index in [0.29, 0.717) is 30.7 Å². The summed E-state index contributed by atoms with van der Waals surface area (Å²) in [6.07, 6.45) is 3.93. The van der Waals surface area contributed by atoms with E-state index in [9.17, 15) is 13.6 Å². The summed E-state index contributed by atoms with van der Waals surface area (Å²) in [6, 6.07) is 13.9. The zero-order chi connectivity index (χ0) is 23.4. The van der Waals surface area contributed by atoms with Crippen LogP contribution in [0.15, 0.2) is 48.5 Å². The van der Waals surface area contributed by atoms with E-state index in [4.69, 9.17) is 14.9 Å². The summed E-state index contributed by atoms with van der Waals surface area (Å²) >= 11 is 0. The molecule has 0 spiro atoms. The molecule has 174 valence electrons. The number of hydrogen-bond donors (Lipinski definition) is 1. The molecule has 33 heavy (non-hydrogen) atoms. The van der Waals surface area contributed by atoms with E-state index in [-0.39, 0.29) is 12.2 Å². The van der Waals surface area contributed by atoms with Gasteiger partial charge in [0.1, 0.15) is 12.3 Å². The Morgan fingerprint density at radius 2 is 1.76 bits per heavy atom. The van der Waals surface area contributed by atoms with Gasteiger partial charge in [-0.3, -0.25) is 4.68 Å². The van der Waals surface area contributed by atoms with Crippen LogP contribution >= 0.6 is 0 Å². The highest BCUT2D eigenvalue weighted by molar-refractivity contribution is 5.83. The van der Waals surface area contributed by atoms with Gasteiger partial charge in [0.2, 0.25) is 0 Å². The molecular formula is C26H28F2N2O3. The lowest BCUT2D eigenvalue weighted by molar-refractivity contribution is -0.142. The Kier molecular flexibility index (Phi) is 7.18. The molecule has 1 fully saturated rings. The maximum atomic E-state index is 14.7. The third-order valence-corrected chi connectivity index (χ3v) is 6.45. The predicted octanol–water partition coefficient (Wildman–Crippen LogP) is 5.71. The molecule has 7 heteroatoms. The maximum Gasteiger partial charge on any atom is 0.329 e. The number of nitrogens with zero attached hydrogens (tertiary/aromatic N) is 2. The summed E-state index contributed by atoms with van der Waals surface area (Å²) in [4.78, 5) is 10.6. The Morgan fingerprint density at radius 1 is 1.06 bits per heavy atom. The molecule has 3 aromatic rings. The molecule has 0 aliphatic heterocycles. The number of carboxylic acid groups (broad SMARTS) is 1. The van der Waals surface area contributed by atoms with Gasteiger partial charge in [-0.2, -0.15) is 5.10 Å². The number of benzene rings is 2. The van der Waals surface area contributed by atoms with Crippen molar-refractivity contribution < 1.29 is 23.4 Å². The van der Waals surface area contributed by atoms with Gasteiger partial charge >= 0.3 is 5.97 Å². The summed E-state index contributed by atoms with van der Waals surface area (Å²) in [6.45, 7) is 2.89. The highest BCUT2D eigenvalue weighted by atomic mass is 19.2. The second-order valence-electron chi connectivity index (χ2n) is 8.75. The van der Waals surface area contributed by atoms with Crippen molar-refractivity contribution in [3.05, 3.63) is 65.9 Å². The first kappa shape index (κ1) is 23.1. The van der Waals surface area contributed by atoms with Crippen molar-refractivity contribution in [2.75, 3.05) is 13.2 Å². The van der Waals surface area contributed by atoms with Crippen molar-refractivity contribution >= 4 is 5.97 Å². The molecule has 2 aromatic carbocycles. The van der Waals surface area contributed by atoms with Crippen LogP contribution in [0.4, 0.5) is 8.78 Å². The Hall–Kier alpha value is -3.06. The highest BCUT2D eigenvalue weighted by Crippen LogP contribution is 2.37. The van der Waals surface area contributed by atoms with Gasteiger partial charge in [-0.05, 0) is 62.1 Å². The zero-order valence-electron chi connectivity index (χ0n) is 18.6. The minimum atomic E-state index is -0.947. The molecule has 4 rings (SSSR count). The molecular weight excluding hydrogens is 426 g/mol. The van der Waals surface area contributed by atoms with Crippen molar-refractivity contribution in [2.24, 2.45) is 11.8 Å². The first-order valence-electron chi connectivity index (χ1n) is 11.3. The minimum absolute atomic E-state index is 0.162. The Bertz CT molecular complexity index is 1110. The van der Waals surface area contributed by atoms with E-state index < -0.39 is 17.6 Å². The van der Waals surface area contributed by atoms with Crippen LogP contribution in [0.2, 0.25) is 0 Å². The van der Waals surface area contributed by atoms with E-state index in [2.05, 4.69) is 0 Å². The fourth-order valence-corrected chi connectivity index (χ4v) is 4.69. The van der Waals surface area contributed by atoms with Crippen LogP contribution in [-0.2, 0) is 16.1 Å². The molecule has 0 amide bonds. The standard InChI is InChI=1S/C26H28F2N2O3/c1-17-24(20-6-3-2-4-7-20)26(21-8-5-9-22(27)25(21)28)29-30(17)14-18-10-12-19(13-11-18)15-33-16-23(31)32/h2-9,18-19H,10-16H2,1H3,(H,31,32)/t18-,19+. The van der Waals surface area contributed by atoms with Gasteiger partial charge in [0.25, 0.3) is 0 Å². The van der Waals surface area contributed by atoms with Crippen LogP contribution in [0.3, 0.4) is 0 Å². The van der Waals surface area contributed by atoms with Gasteiger partial charge in [-0.1, -0.05) is 36.4 Å². The molecule has 1 aliphatic carbocycles. The van der Waals surface area contributed by atoms with Gasteiger partial charge in [0.05, 0.1) is 6.61 Å². The molecule has 0 bridgehead atoms. The molecule has 0 saturated heterocycles. The quantitative estimate of drug-likeness (QED) is 0.473. The molecule has 1 aliphatic rings. The first-order valence-corrected chi connectivity index (χ1v) is 11.3. The van der Waals surface area contributed by atoms with Gasteiger partial charge in [0.15, 0.2) is 11.6 Å². The SMILES string of the molecule is Cc1c(-c2ccccc2)c(-c2cccc(F)c2F)nn1C[C@H]1CC[C@@H](COCC(=O)O)CC1. The van der Waals surface area contributed by atoms with E-state index in [1.165, 1.54) is 6.07 Å². The van der Waals surface area contributed by atoms with Crippen LogP contribution in [0.5, 0.6) is 0 Å². The normalized spacial score (nSPS) is 18.4. The van der Waals surface area contributed by atoms with Crippen LogP contribution in [-0.4, -0.2) is 34.1 Å². The molecule has 1 aromatic heterocycles. The second kappa shape index (κ2) is 10.3. The lowest BCUT2D eigenvalue weighted by Gasteiger charge is -2.28. The van der Waals surface area contributed by atoms with Crippen LogP contribution in [0.25, 0.3) is 22.4 Å². The van der Waals surface area contributed by atoms with E-state index in [1.54, 1.807) is 6.07 Å². The summed E-state index contributed by atoms with van der Waals surface area (Å²) < 4.78 is 35.9. The number of carboxylic acids is 1. The number of rotatable bonds is 8. The largest absolute Gasteiger partial charge is 0.480 e. The molecule has 1 heterocycles. The summed E-state index contributed by atoms with van der Waals surface area (Å²) in [5, 5.41) is 13.5. The Morgan fingerprint density at radius 3 is 2.45 bits per heavy atom. The fraction of sp³-hybridized carbons (Fsp3) is 0.385. The number of ether oxygens (including phenoxy) is 1. The average Bonchev–Trinajstić information content (AvgIpc) is 3.13. The van der Waals surface area contributed by atoms with Gasteiger partial charge in [-0.25, -0.2) is 13.6 Å². The minimum Gasteiger partial charge on any atom is -0.480 e. The number of aliphatic carboxylic acids is 1. The molecule has 5 nitrogen and oxygen atoms in total. The molecule has 0 atom stereocenters. The third-order valence-electron chi connectivity index (χ3n) is 6.45. The highest BCUT2D eigenvalue weighted by Gasteiger charge is 2.26. The van der Waals surface area contributed by atoms with E-state index >= 15 is 0 Å². The molecule has 0 radical (unpaired) electrons. The number of carbonyl (C=O) groups is 1. The molecule has 1 N–H and O–H groups in total. The van der Waals surface area contributed by atoms with Crippen LogP contribution in [0.1, 0.15) is 31.4 Å². The van der Waals surface area contributed by atoms with Gasteiger partial charge in [0, 0.05) is 23.4 Å². The number of aromatic nitrogens is 2. The lowest BCUT2D eigenvalue weighted by Crippen LogP contribution is -2.23. The number of halogens is 2. The van der Waals surface area contributed by atoms with Crippen molar-refractivity contribution in [1.29, 1.82) is 0 Å². The van der Waals surface area contributed by atoms with Crippen molar-refractivity contribution in [1.82, 2.24) is 9.78 Å². The maximum absolute atomic E-state index is 14.7. The third kappa shape index (κ3) is 5.30. The van der Waals surface area contributed by atoms with Crippen molar-refractivity contribution in [3.63, 3.8) is 0 Å². The van der Waals surface area contributed by atoms with Crippen molar-refractivity contribution in [3.8, 4) is 22.4 Å². The van der Waals surface area contributed by atoms with Gasteiger partial charge in [-0.15, -0.1) is 0 Å². The molecule has 0 unspecified atom stereocenters. The zero-order valence-corrected chi connectivity index (χ0v) is 18.6. The lowest BCUT2D eigenvalue weighted by atomic mass is 9.82. The summed E-state index contributed by atoms with van der Waals surface area (Å²) in [7, 11) is 0. The average molecular weight is 455 g/mol. The number of hydrogen-bond acceptors (Lipinski definition) is 3. The first-order chi connectivity index (χ1) is 15.9. The summed E-state index contributed by atoms with van der Waals surface area (Å²) in [5.74, 6) is -1.94. The molecule has 1 saturated carbocycles.